The summed E-state index contributed by atoms with van der Waals surface area (Å²) in [4.78, 5) is 12.1. The highest BCUT2D eigenvalue weighted by Crippen LogP contribution is 2.10. The van der Waals surface area contributed by atoms with Gasteiger partial charge in [-0.1, -0.05) is 54.1 Å². The van der Waals surface area contributed by atoms with Crippen molar-refractivity contribution in [1.82, 2.24) is 0 Å². The van der Waals surface area contributed by atoms with Gasteiger partial charge in [-0.15, -0.1) is 12.4 Å². The topological polar surface area (TPSA) is 43.1 Å². The monoisotopic (exact) mass is 275 g/mol. The summed E-state index contributed by atoms with van der Waals surface area (Å²) in [6.45, 7) is 2.55. The number of carbonyl (C=O) groups excluding carboxylic acids is 1. The van der Waals surface area contributed by atoms with E-state index >= 15 is 0 Å². The fourth-order valence-electron chi connectivity index (χ4n) is 1.82. The maximum absolute atomic E-state index is 12.1. The van der Waals surface area contributed by atoms with Crippen molar-refractivity contribution >= 4 is 18.2 Å². The minimum Gasteiger partial charge on any atom is -0.326 e. The molecule has 0 aliphatic carbocycles. The fraction of sp³-hybridized carbons (Fsp3) is 0.188. The molecule has 0 unspecified atom stereocenters. The maximum Gasteiger partial charge on any atom is 0.167 e. The summed E-state index contributed by atoms with van der Waals surface area (Å²) in [5.74, 6) is 0.141. The van der Waals surface area contributed by atoms with E-state index in [0.29, 0.717) is 13.0 Å². The Morgan fingerprint density at radius 2 is 1.47 bits per heavy atom. The van der Waals surface area contributed by atoms with Crippen LogP contribution in [0.5, 0.6) is 0 Å². The first-order chi connectivity index (χ1) is 8.69. The average Bonchev–Trinajstić information content (AvgIpc) is 2.41. The number of hydrogen-bond donors (Lipinski definition) is 1. The molecule has 0 aliphatic heterocycles. The summed E-state index contributed by atoms with van der Waals surface area (Å²) in [5, 5.41) is 0. The SMILES string of the molecule is Cc1ccc(CC(=O)c2ccc(CN)cc2)cc1.Cl. The number of benzene rings is 2. The first-order valence-electron chi connectivity index (χ1n) is 6.07. The van der Waals surface area contributed by atoms with Gasteiger partial charge in [-0.05, 0) is 18.1 Å². The van der Waals surface area contributed by atoms with Gasteiger partial charge in [0.2, 0.25) is 0 Å². The second-order valence-corrected chi connectivity index (χ2v) is 4.49. The van der Waals surface area contributed by atoms with Gasteiger partial charge in [-0.25, -0.2) is 0 Å². The van der Waals surface area contributed by atoms with Gasteiger partial charge in [0.1, 0.15) is 0 Å². The van der Waals surface area contributed by atoms with Crippen molar-refractivity contribution in [1.29, 1.82) is 0 Å². The van der Waals surface area contributed by atoms with Crippen molar-refractivity contribution in [3.63, 3.8) is 0 Å². The van der Waals surface area contributed by atoms with E-state index in [4.69, 9.17) is 5.73 Å². The molecule has 0 bridgehead atoms. The summed E-state index contributed by atoms with van der Waals surface area (Å²) in [6.07, 6.45) is 0.447. The molecule has 0 saturated carbocycles. The van der Waals surface area contributed by atoms with Crippen LogP contribution in [0, 0.1) is 6.92 Å². The molecule has 0 atom stereocenters. The molecule has 2 nitrogen and oxygen atoms in total. The highest BCUT2D eigenvalue weighted by molar-refractivity contribution is 5.97. The van der Waals surface area contributed by atoms with Crippen LogP contribution in [-0.2, 0) is 13.0 Å². The molecule has 3 heteroatoms. The Balaban J connectivity index is 0.00000180. The molecule has 0 aliphatic rings. The lowest BCUT2D eigenvalue weighted by molar-refractivity contribution is 0.0993. The van der Waals surface area contributed by atoms with E-state index in [1.165, 1.54) is 5.56 Å². The first kappa shape index (κ1) is 15.4. The lowest BCUT2D eigenvalue weighted by Crippen LogP contribution is -2.04. The van der Waals surface area contributed by atoms with Crippen molar-refractivity contribution in [2.45, 2.75) is 19.9 Å². The highest BCUT2D eigenvalue weighted by atomic mass is 35.5. The molecular weight excluding hydrogens is 258 g/mol. The summed E-state index contributed by atoms with van der Waals surface area (Å²) < 4.78 is 0. The van der Waals surface area contributed by atoms with Crippen LogP contribution in [0.3, 0.4) is 0 Å². The number of hydrogen-bond acceptors (Lipinski definition) is 2. The smallest absolute Gasteiger partial charge is 0.167 e. The van der Waals surface area contributed by atoms with Crippen LogP contribution in [0.25, 0.3) is 0 Å². The molecule has 0 amide bonds. The normalized spacial score (nSPS) is 9.79. The van der Waals surface area contributed by atoms with Gasteiger partial charge in [-0.2, -0.15) is 0 Å². The van der Waals surface area contributed by atoms with Gasteiger partial charge in [0.05, 0.1) is 0 Å². The van der Waals surface area contributed by atoms with Gasteiger partial charge in [-0.3, -0.25) is 4.79 Å². The third-order valence-corrected chi connectivity index (χ3v) is 3.00. The van der Waals surface area contributed by atoms with E-state index in [9.17, 15) is 4.79 Å². The molecule has 0 heterocycles. The van der Waals surface area contributed by atoms with Gasteiger partial charge in [0, 0.05) is 18.5 Å². The standard InChI is InChI=1S/C16H17NO.ClH/c1-12-2-4-13(5-3-12)10-16(18)15-8-6-14(11-17)7-9-15;/h2-9H,10-11,17H2,1H3;1H. The van der Waals surface area contributed by atoms with E-state index in [1.54, 1.807) is 0 Å². The predicted molar refractivity (Wildman–Crippen MR) is 80.8 cm³/mol. The zero-order valence-corrected chi connectivity index (χ0v) is 11.7. The van der Waals surface area contributed by atoms with Gasteiger partial charge in [0.25, 0.3) is 0 Å². The number of aryl methyl sites for hydroxylation is 1. The molecule has 0 spiro atoms. The molecule has 0 saturated heterocycles. The lowest BCUT2D eigenvalue weighted by atomic mass is 10.0. The van der Waals surface area contributed by atoms with Crippen LogP contribution in [-0.4, -0.2) is 5.78 Å². The zero-order chi connectivity index (χ0) is 13.0. The Labute approximate surface area is 120 Å². The van der Waals surface area contributed by atoms with Crippen LogP contribution < -0.4 is 5.73 Å². The van der Waals surface area contributed by atoms with E-state index in [0.717, 1.165) is 16.7 Å². The Kier molecular flexibility index (Phi) is 5.74. The van der Waals surface area contributed by atoms with Crippen molar-refractivity contribution in [3.8, 4) is 0 Å². The minimum atomic E-state index is 0. The van der Waals surface area contributed by atoms with Gasteiger partial charge in [0.15, 0.2) is 5.78 Å². The van der Waals surface area contributed by atoms with Crippen LogP contribution in [0.2, 0.25) is 0 Å². The fourth-order valence-corrected chi connectivity index (χ4v) is 1.82. The Bertz CT molecular complexity index is 532. The molecule has 0 radical (unpaired) electrons. The van der Waals surface area contributed by atoms with Crippen molar-refractivity contribution in [2.75, 3.05) is 0 Å². The van der Waals surface area contributed by atoms with E-state index in [2.05, 4.69) is 0 Å². The number of nitrogens with two attached hydrogens (primary N) is 1. The number of rotatable bonds is 4. The van der Waals surface area contributed by atoms with Crippen LogP contribution in [0.15, 0.2) is 48.5 Å². The molecule has 19 heavy (non-hydrogen) atoms. The largest absolute Gasteiger partial charge is 0.326 e. The molecular formula is C16H18ClNO. The number of Topliss-reactive ketones (excluding diaryl/α,β-unsaturated/α-hetero) is 1. The van der Waals surface area contributed by atoms with Crippen molar-refractivity contribution in [3.05, 3.63) is 70.8 Å². The summed E-state index contributed by atoms with van der Waals surface area (Å²) >= 11 is 0. The second kappa shape index (κ2) is 7.07. The molecule has 2 rings (SSSR count). The molecule has 100 valence electrons. The quantitative estimate of drug-likeness (QED) is 0.870. The number of ketones is 1. The van der Waals surface area contributed by atoms with Gasteiger partial charge >= 0.3 is 0 Å². The summed E-state index contributed by atoms with van der Waals surface area (Å²) in [5.41, 5.74) is 9.57. The van der Waals surface area contributed by atoms with E-state index < -0.39 is 0 Å². The number of halogens is 1. The summed E-state index contributed by atoms with van der Waals surface area (Å²) in [7, 11) is 0. The molecule has 2 aromatic rings. The lowest BCUT2D eigenvalue weighted by Gasteiger charge is -2.03. The van der Waals surface area contributed by atoms with Crippen molar-refractivity contribution < 1.29 is 4.79 Å². The third-order valence-electron chi connectivity index (χ3n) is 3.00. The molecule has 0 aromatic heterocycles. The van der Waals surface area contributed by atoms with Gasteiger partial charge < -0.3 is 5.73 Å². The Hall–Kier alpha value is -1.64. The number of carbonyl (C=O) groups is 1. The van der Waals surface area contributed by atoms with E-state index in [-0.39, 0.29) is 18.2 Å². The van der Waals surface area contributed by atoms with Crippen LogP contribution >= 0.6 is 12.4 Å². The second-order valence-electron chi connectivity index (χ2n) is 4.49. The third kappa shape index (κ3) is 4.19. The Morgan fingerprint density at radius 3 is 2.00 bits per heavy atom. The Morgan fingerprint density at radius 1 is 0.947 bits per heavy atom. The van der Waals surface area contributed by atoms with Crippen molar-refractivity contribution in [2.24, 2.45) is 5.73 Å². The molecule has 2 aromatic carbocycles. The average molecular weight is 276 g/mol. The van der Waals surface area contributed by atoms with Crippen LogP contribution in [0.1, 0.15) is 27.0 Å². The minimum absolute atomic E-state index is 0. The predicted octanol–water partition coefficient (Wildman–Crippen LogP) is 3.30. The first-order valence-corrected chi connectivity index (χ1v) is 6.07. The zero-order valence-electron chi connectivity index (χ0n) is 10.9. The summed E-state index contributed by atoms with van der Waals surface area (Å²) in [6, 6.07) is 15.6. The highest BCUT2D eigenvalue weighted by Gasteiger charge is 2.06. The molecule has 0 fully saturated rings. The molecule has 2 N–H and O–H groups in total. The van der Waals surface area contributed by atoms with E-state index in [1.807, 2.05) is 55.5 Å². The maximum atomic E-state index is 12.1. The van der Waals surface area contributed by atoms with Crippen LogP contribution in [0.4, 0.5) is 0 Å².